The lowest BCUT2D eigenvalue weighted by atomic mass is 10.2. The third-order valence-corrected chi connectivity index (χ3v) is 2.62. The number of benzene rings is 1. The average Bonchev–Trinajstić information content (AvgIpc) is 2.86. The first-order valence-corrected chi connectivity index (χ1v) is 6.43. The summed E-state index contributed by atoms with van der Waals surface area (Å²) in [6.45, 7) is 4.77. The fourth-order valence-corrected chi connectivity index (χ4v) is 1.76. The van der Waals surface area contributed by atoms with Crippen LogP contribution in [-0.4, -0.2) is 22.6 Å². The number of aromatic amines is 1. The summed E-state index contributed by atoms with van der Waals surface area (Å²) in [5, 5.41) is 3.33. The third kappa shape index (κ3) is 3.91. The first-order valence-electron chi connectivity index (χ1n) is 6.43. The van der Waals surface area contributed by atoms with Crippen LogP contribution < -0.4 is 15.8 Å². The Labute approximate surface area is 113 Å². The first kappa shape index (κ1) is 13.3. The summed E-state index contributed by atoms with van der Waals surface area (Å²) < 4.78 is 5.65. The molecule has 0 saturated carbocycles. The molecule has 1 heterocycles. The predicted octanol–water partition coefficient (Wildman–Crippen LogP) is 2.43. The third-order valence-electron chi connectivity index (χ3n) is 2.62. The number of nitrogen functional groups attached to an aromatic ring is 1. The molecule has 0 aliphatic carbocycles. The Bertz CT molecular complexity index is 508. The molecule has 0 atom stereocenters. The van der Waals surface area contributed by atoms with Gasteiger partial charge in [0.25, 0.3) is 0 Å². The van der Waals surface area contributed by atoms with Crippen molar-refractivity contribution in [2.45, 2.75) is 26.4 Å². The summed E-state index contributed by atoms with van der Waals surface area (Å²) in [7, 11) is 0. The van der Waals surface area contributed by atoms with Crippen LogP contribution in [0.4, 0.5) is 11.4 Å². The van der Waals surface area contributed by atoms with Crippen molar-refractivity contribution in [3.63, 3.8) is 0 Å². The first-order chi connectivity index (χ1) is 9.15. The van der Waals surface area contributed by atoms with Crippen molar-refractivity contribution in [3.05, 3.63) is 36.4 Å². The largest absolute Gasteiger partial charge is 0.489 e. The number of rotatable bonds is 6. The summed E-state index contributed by atoms with van der Waals surface area (Å²) in [5.74, 6) is 1.69. The molecule has 4 N–H and O–H groups in total. The van der Waals surface area contributed by atoms with Gasteiger partial charge in [-0.2, -0.15) is 0 Å². The number of hydrogen-bond acceptors (Lipinski definition) is 4. The zero-order valence-electron chi connectivity index (χ0n) is 11.3. The molecule has 1 aromatic carbocycles. The normalized spacial score (nSPS) is 10.7. The van der Waals surface area contributed by atoms with Gasteiger partial charge in [-0.1, -0.05) is 0 Å². The smallest absolute Gasteiger partial charge is 0.144 e. The highest BCUT2D eigenvalue weighted by Gasteiger charge is 2.04. The number of H-pyrrole nitrogens is 1. The number of ether oxygens (including phenoxy) is 1. The highest BCUT2D eigenvalue weighted by atomic mass is 16.5. The zero-order chi connectivity index (χ0) is 13.7. The molecule has 1 aromatic heterocycles. The van der Waals surface area contributed by atoms with Crippen molar-refractivity contribution >= 4 is 11.4 Å². The van der Waals surface area contributed by atoms with Crippen molar-refractivity contribution in [1.82, 2.24) is 9.97 Å². The van der Waals surface area contributed by atoms with Gasteiger partial charge in [0.05, 0.1) is 11.8 Å². The van der Waals surface area contributed by atoms with E-state index in [0.717, 1.165) is 30.2 Å². The van der Waals surface area contributed by atoms with Gasteiger partial charge in [-0.3, -0.25) is 0 Å². The van der Waals surface area contributed by atoms with Crippen LogP contribution in [0, 0.1) is 0 Å². The van der Waals surface area contributed by atoms with E-state index in [2.05, 4.69) is 15.3 Å². The van der Waals surface area contributed by atoms with Gasteiger partial charge in [0, 0.05) is 37.1 Å². The van der Waals surface area contributed by atoms with Crippen LogP contribution in [0.1, 0.15) is 19.7 Å². The maximum atomic E-state index is 5.88. The van der Waals surface area contributed by atoms with Gasteiger partial charge in [0.1, 0.15) is 11.6 Å². The summed E-state index contributed by atoms with van der Waals surface area (Å²) in [6.07, 6.45) is 4.54. The van der Waals surface area contributed by atoms with E-state index >= 15 is 0 Å². The quantitative estimate of drug-likeness (QED) is 0.697. The molecule has 5 nitrogen and oxygen atoms in total. The summed E-state index contributed by atoms with van der Waals surface area (Å²) in [4.78, 5) is 7.25. The number of anilines is 2. The molecule has 0 unspecified atom stereocenters. The van der Waals surface area contributed by atoms with Crippen LogP contribution >= 0.6 is 0 Å². The van der Waals surface area contributed by atoms with E-state index < -0.39 is 0 Å². The number of nitrogens with zero attached hydrogens (tertiary/aromatic N) is 1. The summed E-state index contributed by atoms with van der Waals surface area (Å²) in [5.41, 5.74) is 7.53. The highest BCUT2D eigenvalue weighted by Crippen LogP contribution is 2.26. The Hall–Kier alpha value is -2.17. The van der Waals surface area contributed by atoms with Crippen molar-refractivity contribution < 1.29 is 4.74 Å². The van der Waals surface area contributed by atoms with Gasteiger partial charge in [-0.25, -0.2) is 4.98 Å². The minimum absolute atomic E-state index is 0.112. The molecule has 0 radical (unpaired) electrons. The number of imidazole rings is 1. The fraction of sp³-hybridized carbons (Fsp3) is 0.357. The molecular weight excluding hydrogens is 240 g/mol. The Balaban J connectivity index is 1.93. The molecule has 2 rings (SSSR count). The molecule has 0 saturated heterocycles. The standard InChI is InChI=1S/C14H20N4O/c1-10(2)19-13-9-11(3-4-12(13)15)16-6-5-14-17-7-8-18-14/h3-4,7-10,16H,5-6,15H2,1-2H3,(H,17,18). The van der Waals surface area contributed by atoms with Gasteiger partial charge in [0.2, 0.25) is 0 Å². The fourth-order valence-electron chi connectivity index (χ4n) is 1.76. The van der Waals surface area contributed by atoms with Gasteiger partial charge < -0.3 is 20.8 Å². The van der Waals surface area contributed by atoms with Crippen molar-refractivity contribution in [2.24, 2.45) is 0 Å². The van der Waals surface area contributed by atoms with E-state index in [1.54, 1.807) is 6.20 Å². The maximum Gasteiger partial charge on any atom is 0.144 e. The van der Waals surface area contributed by atoms with Crippen molar-refractivity contribution in [3.8, 4) is 5.75 Å². The molecular formula is C14H20N4O. The maximum absolute atomic E-state index is 5.88. The van der Waals surface area contributed by atoms with Gasteiger partial charge in [0.15, 0.2) is 0 Å². The van der Waals surface area contributed by atoms with E-state index in [0.29, 0.717) is 5.69 Å². The second-order valence-electron chi connectivity index (χ2n) is 4.63. The number of aromatic nitrogens is 2. The van der Waals surface area contributed by atoms with Crippen LogP contribution in [0.25, 0.3) is 0 Å². The molecule has 5 heteroatoms. The molecule has 0 bridgehead atoms. The van der Waals surface area contributed by atoms with E-state index in [-0.39, 0.29) is 6.10 Å². The number of nitrogens with two attached hydrogens (primary N) is 1. The monoisotopic (exact) mass is 260 g/mol. The lowest BCUT2D eigenvalue weighted by Crippen LogP contribution is -2.09. The van der Waals surface area contributed by atoms with E-state index in [9.17, 15) is 0 Å². The topological polar surface area (TPSA) is 76.0 Å². The van der Waals surface area contributed by atoms with Crippen LogP contribution in [0.3, 0.4) is 0 Å². The Morgan fingerprint density at radius 2 is 2.26 bits per heavy atom. The SMILES string of the molecule is CC(C)Oc1cc(NCCc2ncc[nH]2)ccc1N. The predicted molar refractivity (Wildman–Crippen MR) is 77.4 cm³/mol. The summed E-state index contributed by atoms with van der Waals surface area (Å²) in [6, 6.07) is 5.73. The lowest BCUT2D eigenvalue weighted by molar-refractivity contribution is 0.244. The Morgan fingerprint density at radius 3 is 2.95 bits per heavy atom. The van der Waals surface area contributed by atoms with E-state index in [1.807, 2.05) is 38.2 Å². The highest BCUT2D eigenvalue weighted by molar-refractivity contribution is 5.61. The van der Waals surface area contributed by atoms with Crippen LogP contribution in [0.2, 0.25) is 0 Å². The Morgan fingerprint density at radius 1 is 1.42 bits per heavy atom. The Kier molecular flexibility index (Phi) is 4.28. The van der Waals surface area contributed by atoms with Gasteiger partial charge in [-0.05, 0) is 26.0 Å². The minimum Gasteiger partial charge on any atom is -0.489 e. The van der Waals surface area contributed by atoms with Crippen LogP contribution in [-0.2, 0) is 6.42 Å². The average molecular weight is 260 g/mol. The molecule has 19 heavy (non-hydrogen) atoms. The second-order valence-corrected chi connectivity index (χ2v) is 4.63. The number of hydrogen-bond donors (Lipinski definition) is 3. The van der Waals surface area contributed by atoms with Gasteiger partial charge >= 0.3 is 0 Å². The molecule has 0 fully saturated rings. The zero-order valence-corrected chi connectivity index (χ0v) is 11.3. The van der Waals surface area contributed by atoms with Crippen LogP contribution in [0.5, 0.6) is 5.75 Å². The minimum atomic E-state index is 0.112. The molecule has 102 valence electrons. The lowest BCUT2D eigenvalue weighted by Gasteiger charge is -2.14. The molecule has 2 aromatic rings. The van der Waals surface area contributed by atoms with Gasteiger partial charge in [-0.15, -0.1) is 0 Å². The van der Waals surface area contributed by atoms with Crippen molar-refractivity contribution in [1.29, 1.82) is 0 Å². The molecule has 0 spiro atoms. The number of nitrogens with one attached hydrogen (secondary N) is 2. The summed E-state index contributed by atoms with van der Waals surface area (Å²) >= 11 is 0. The second kappa shape index (κ2) is 6.13. The molecule has 0 aliphatic heterocycles. The molecule has 0 amide bonds. The van der Waals surface area contributed by atoms with E-state index in [4.69, 9.17) is 10.5 Å². The van der Waals surface area contributed by atoms with E-state index in [1.165, 1.54) is 0 Å². The van der Waals surface area contributed by atoms with Crippen LogP contribution in [0.15, 0.2) is 30.6 Å². The molecule has 0 aliphatic rings. The van der Waals surface area contributed by atoms with Crippen molar-refractivity contribution in [2.75, 3.05) is 17.6 Å².